The predicted molar refractivity (Wildman–Crippen MR) is 98.9 cm³/mol. The van der Waals surface area contributed by atoms with Gasteiger partial charge in [-0.1, -0.05) is 6.92 Å². The van der Waals surface area contributed by atoms with Gasteiger partial charge in [-0.25, -0.2) is 0 Å². The number of rotatable bonds is 7. The van der Waals surface area contributed by atoms with Crippen LogP contribution in [0.5, 0.6) is 0 Å². The highest BCUT2D eigenvalue weighted by atomic mass is 16.5. The van der Waals surface area contributed by atoms with Gasteiger partial charge in [0.2, 0.25) is 0 Å². The van der Waals surface area contributed by atoms with Crippen molar-refractivity contribution in [1.82, 2.24) is 9.80 Å². The summed E-state index contributed by atoms with van der Waals surface area (Å²) in [6, 6.07) is 0.708. The van der Waals surface area contributed by atoms with Crippen molar-refractivity contribution in [2.45, 2.75) is 85.0 Å². The monoisotopic (exact) mass is 324 g/mol. The van der Waals surface area contributed by atoms with E-state index in [1.165, 1.54) is 64.8 Å². The van der Waals surface area contributed by atoms with Crippen LogP contribution in [0.4, 0.5) is 0 Å². The molecule has 0 aromatic rings. The van der Waals surface area contributed by atoms with Crippen LogP contribution in [-0.4, -0.2) is 60.8 Å². The Morgan fingerprint density at radius 1 is 0.870 bits per heavy atom. The van der Waals surface area contributed by atoms with E-state index in [0.717, 1.165) is 11.8 Å². The standard InChI is InChI=1S/C20H40N2O/c1-16(2)22-14-12-21(13-15-22)11-10-18(5)19-6-8-20(9-7-19)23-17(3)4/h16-20H,6-15H2,1-5H3/t18-,19?,20?/m1/s1. The van der Waals surface area contributed by atoms with Crippen LogP contribution in [0, 0.1) is 11.8 Å². The van der Waals surface area contributed by atoms with E-state index in [2.05, 4.69) is 44.4 Å². The first-order valence-corrected chi connectivity index (χ1v) is 10.1. The first-order valence-electron chi connectivity index (χ1n) is 10.1. The highest BCUT2D eigenvalue weighted by Crippen LogP contribution is 2.33. The maximum Gasteiger partial charge on any atom is 0.0578 e. The van der Waals surface area contributed by atoms with Gasteiger partial charge in [0, 0.05) is 32.2 Å². The van der Waals surface area contributed by atoms with Crippen LogP contribution in [0.2, 0.25) is 0 Å². The molecule has 23 heavy (non-hydrogen) atoms. The number of piperazine rings is 1. The lowest BCUT2D eigenvalue weighted by molar-refractivity contribution is -0.0245. The molecule has 0 N–H and O–H groups in total. The summed E-state index contributed by atoms with van der Waals surface area (Å²) in [5, 5.41) is 0. The fourth-order valence-corrected chi connectivity index (χ4v) is 4.30. The summed E-state index contributed by atoms with van der Waals surface area (Å²) in [4.78, 5) is 5.29. The topological polar surface area (TPSA) is 15.7 Å². The molecule has 1 atom stereocenters. The molecule has 1 heterocycles. The molecule has 3 heteroatoms. The van der Waals surface area contributed by atoms with Crippen LogP contribution in [0.3, 0.4) is 0 Å². The van der Waals surface area contributed by atoms with Gasteiger partial charge in [0.05, 0.1) is 12.2 Å². The fraction of sp³-hybridized carbons (Fsp3) is 1.00. The minimum atomic E-state index is 0.387. The lowest BCUT2D eigenvalue weighted by Gasteiger charge is -2.38. The molecule has 1 aliphatic carbocycles. The van der Waals surface area contributed by atoms with Crippen molar-refractivity contribution in [3.05, 3.63) is 0 Å². The second kappa shape index (κ2) is 9.39. The molecule has 2 rings (SSSR count). The van der Waals surface area contributed by atoms with Crippen molar-refractivity contribution in [3.63, 3.8) is 0 Å². The van der Waals surface area contributed by atoms with Crippen molar-refractivity contribution in [2.24, 2.45) is 11.8 Å². The van der Waals surface area contributed by atoms with E-state index in [-0.39, 0.29) is 0 Å². The van der Waals surface area contributed by atoms with Crippen LogP contribution < -0.4 is 0 Å². The first-order chi connectivity index (χ1) is 11.0. The Morgan fingerprint density at radius 2 is 1.48 bits per heavy atom. The highest BCUT2D eigenvalue weighted by molar-refractivity contribution is 4.79. The highest BCUT2D eigenvalue weighted by Gasteiger charge is 2.27. The van der Waals surface area contributed by atoms with Crippen LogP contribution >= 0.6 is 0 Å². The van der Waals surface area contributed by atoms with E-state index in [1.807, 2.05) is 0 Å². The summed E-state index contributed by atoms with van der Waals surface area (Å²) in [6.07, 6.45) is 7.60. The predicted octanol–water partition coefficient (Wildman–Crippen LogP) is 4.02. The smallest absolute Gasteiger partial charge is 0.0578 e. The van der Waals surface area contributed by atoms with Crippen molar-refractivity contribution < 1.29 is 4.74 Å². The summed E-state index contributed by atoms with van der Waals surface area (Å²) in [6.45, 7) is 17.8. The van der Waals surface area contributed by atoms with Gasteiger partial charge in [0.15, 0.2) is 0 Å². The minimum Gasteiger partial charge on any atom is -0.376 e. The van der Waals surface area contributed by atoms with E-state index in [0.29, 0.717) is 18.2 Å². The summed E-state index contributed by atoms with van der Waals surface area (Å²) in [5.74, 6) is 1.80. The Bertz CT molecular complexity index is 316. The molecule has 1 saturated carbocycles. The molecule has 3 nitrogen and oxygen atoms in total. The molecule has 2 fully saturated rings. The molecule has 1 aliphatic heterocycles. The lowest BCUT2D eigenvalue weighted by Crippen LogP contribution is -2.49. The number of hydrogen-bond acceptors (Lipinski definition) is 3. The lowest BCUT2D eigenvalue weighted by atomic mass is 9.78. The summed E-state index contributed by atoms with van der Waals surface area (Å²) in [5.41, 5.74) is 0. The molecule has 0 aromatic carbocycles. The average molecular weight is 325 g/mol. The first kappa shape index (κ1) is 19.2. The second-order valence-electron chi connectivity index (χ2n) is 8.46. The van der Waals surface area contributed by atoms with E-state index < -0.39 is 0 Å². The molecule has 1 saturated heterocycles. The average Bonchev–Trinajstić information content (AvgIpc) is 2.53. The van der Waals surface area contributed by atoms with Gasteiger partial charge in [-0.05, 0) is 78.2 Å². The Hall–Kier alpha value is -0.120. The van der Waals surface area contributed by atoms with Gasteiger partial charge in [-0.15, -0.1) is 0 Å². The third-order valence-electron chi connectivity index (χ3n) is 6.03. The molecule has 0 radical (unpaired) electrons. The summed E-state index contributed by atoms with van der Waals surface area (Å²) >= 11 is 0. The maximum absolute atomic E-state index is 5.99. The zero-order valence-corrected chi connectivity index (χ0v) is 16.3. The third kappa shape index (κ3) is 6.36. The van der Waals surface area contributed by atoms with Gasteiger partial charge >= 0.3 is 0 Å². The quantitative estimate of drug-likeness (QED) is 0.703. The third-order valence-corrected chi connectivity index (χ3v) is 6.03. The van der Waals surface area contributed by atoms with Crippen molar-refractivity contribution in [2.75, 3.05) is 32.7 Å². The van der Waals surface area contributed by atoms with Crippen LogP contribution in [0.25, 0.3) is 0 Å². The molecule has 0 aromatic heterocycles. The largest absolute Gasteiger partial charge is 0.376 e. The van der Waals surface area contributed by atoms with Gasteiger partial charge < -0.3 is 9.64 Å². The maximum atomic E-state index is 5.99. The normalized spacial score (nSPS) is 29.3. The van der Waals surface area contributed by atoms with Crippen molar-refractivity contribution in [1.29, 1.82) is 0 Å². The SMILES string of the molecule is CC(C)OC1CCC([C@H](C)CCN2CCN(C(C)C)CC2)CC1. The van der Waals surface area contributed by atoms with E-state index in [9.17, 15) is 0 Å². The molecule has 2 aliphatic rings. The van der Waals surface area contributed by atoms with Gasteiger partial charge in [-0.3, -0.25) is 4.90 Å². The van der Waals surface area contributed by atoms with E-state index >= 15 is 0 Å². The number of hydrogen-bond donors (Lipinski definition) is 0. The van der Waals surface area contributed by atoms with Crippen molar-refractivity contribution in [3.8, 4) is 0 Å². The Balaban J connectivity index is 1.61. The Labute approximate surface area is 144 Å². The number of nitrogens with zero attached hydrogens (tertiary/aromatic N) is 2. The van der Waals surface area contributed by atoms with Gasteiger partial charge in [-0.2, -0.15) is 0 Å². The summed E-state index contributed by atoms with van der Waals surface area (Å²) < 4.78 is 5.99. The van der Waals surface area contributed by atoms with Crippen LogP contribution in [-0.2, 0) is 4.74 Å². The Kier molecular flexibility index (Phi) is 7.84. The molecular weight excluding hydrogens is 284 g/mol. The Morgan fingerprint density at radius 3 is 2.00 bits per heavy atom. The zero-order chi connectivity index (χ0) is 16.8. The van der Waals surface area contributed by atoms with Crippen LogP contribution in [0.15, 0.2) is 0 Å². The number of ether oxygens (including phenoxy) is 1. The van der Waals surface area contributed by atoms with Crippen molar-refractivity contribution >= 4 is 0 Å². The minimum absolute atomic E-state index is 0.387. The summed E-state index contributed by atoms with van der Waals surface area (Å²) in [7, 11) is 0. The van der Waals surface area contributed by atoms with Crippen LogP contribution in [0.1, 0.15) is 66.7 Å². The molecule has 0 bridgehead atoms. The molecule has 136 valence electrons. The fourth-order valence-electron chi connectivity index (χ4n) is 4.30. The molecular formula is C20H40N2O. The van der Waals surface area contributed by atoms with E-state index in [4.69, 9.17) is 4.74 Å². The zero-order valence-electron chi connectivity index (χ0n) is 16.3. The molecule has 0 unspecified atom stereocenters. The molecule has 0 spiro atoms. The van der Waals surface area contributed by atoms with E-state index in [1.54, 1.807) is 0 Å². The van der Waals surface area contributed by atoms with Gasteiger partial charge in [0.1, 0.15) is 0 Å². The molecule has 0 amide bonds. The van der Waals surface area contributed by atoms with Gasteiger partial charge in [0.25, 0.3) is 0 Å². The second-order valence-corrected chi connectivity index (χ2v) is 8.46.